The second kappa shape index (κ2) is 7.19. The van der Waals surface area contributed by atoms with Gasteiger partial charge in [-0.3, -0.25) is 4.90 Å². The lowest BCUT2D eigenvalue weighted by Gasteiger charge is -2.39. The van der Waals surface area contributed by atoms with Gasteiger partial charge >= 0.3 is 0 Å². The number of aryl methyl sites for hydroxylation is 1. The molecule has 1 fully saturated rings. The number of hydrogen-bond donors (Lipinski definition) is 1. The molecule has 0 amide bonds. The first-order valence-electron chi connectivity index (χ1n) is 7.86. The van der Waals surface area contributed by atoms with Crippen molar-refractivity contribution in [1.29, 1.82) is 0 Å². The van der Waals surface area contributed by atoms with Gasteiger partial charge in [0, 0.05) is 18.6 Å². The van der Waals surface area contributed by atoms with Gasteiger partial charge in [0.2, 0.25) is 0 Å². The van der Waals surface area contributed by atoms with Gasteiger partial charge in [-0.25, -0.2) is 4.39 Å². The van der Waals surface area contributed by atoms with Gasteiger partial charge in [0.25, 0.3) is 0 Å². The number of piperidine rings is 1. The Morgan fingerprint density at radius 3 is 2.85 bits per heavy atom. The van der Waals surface area contributed by atoms with Crippen molar-refractivity contribution >= 4 is 0 Å². The molecule has 0 bridgehead atoms. The van der Waals surface area contributed by atoms with Crippen LogP contribution in [-0.2, 0) is 0 Å². The van der Waals surface area contributed by atoms with Crippen LogP contribution in [0, 0.1) is 12.7 Å². The van der Waals surface area contributed by atoms with Crippen molar-refractivity contribution in [1.82, 2.24) is 10.2 Å². The van der Waals surface area contributed by atoms with E-state index in [9.17, 15) is 4.39 Å². The lowest BCUT2D eigenvalue weighted by molar-refractivity contribution is 0.120. The maximum atomic E-state index is 13.8. The van der Waals surface area contributed by atoms with E-state index in [0.29, 0.717) is 6.04 Å². The predicted octanol–water partition coefficient (Wildman–Crippen LogP) is 3.66. The first-order chi connectivity index (χ1) is 9.63. The quantitative estimate of drug-likeness (QED) is 0.884. The Morgan fingerprint density at radius 2 is 2.25 bits per heavy atom. The Labute approximate surface area is 122 Å². The number of nitrogens with zero attached hydrogens (tertiary/aromatic N) is 1. The van der Waals surface area contributed by atoms with E-state index in [1.54, 1.807) is 6.07 Å². The molecule has 3 heteroatoms. The van der Waals surface area contributed by atoms with Crippen molar-refractivity contribution in [2.24, 2.45) is 0 Å². The van der Waals surface area contributed by atoms with Crippen molar-refractivity contribution in [2.45, 2.75) is 52.1 Å². The van der Waals surface area contributed by atoms with Crippen LogP contribution in [0.25, 0.3) is 0 Å². The predicted molar refractivity (Wildman–Crippen MR) is 82.4 cm³/mol. The Balaban J connectivity index is 2.16. The smallest absolute Gasteiger partial charge is 0.126 e. The molecular weight excluding hydrogens is 251 g/mol. The van der Waals surface area contributed by atoms with Crippen molar-refractivity contribution in [3.63, 3.8) is 0 Å². The molecule has 112 valence electrons. The largest absolute Gasteiger partial charge is 0.315 e. The molecule has 1 aromatic carbocycles. The lowest BCUT2D eigenvalue weighted by Crippen LogP contribution is -2.47. The third kappa shape index (κ3) is 3.58. The molecule has 2 unspecified atom stereocenters. The lowest BCUT2D eigenvalue weighted by atomic mass is 9.99. The summed E-state index contributed by atoms with van der Waals surface area (Å²) in [5, 5.41) is 3.48. The zero-order valence-electron chi connectivity index (χ0n) is 13.0. The van der Waals surface area contributed by atoms with E-state index in [4.69, 9.17) is 0 Å². The van der Waals surface area contributed by atoms with Gasteiger partial charge in [-0.1, -0.05) is 19.1 Å². The SMILES string of the molecule is CCCN(C1CCCNC1)C(C)c1ccc(C)c(F)c1. The maximum absolute atomic E-state index is 13.8. The number of hydrogen-bond acceptors (Lipinski definition) is 2. The highest BCUT2D eigenvalue weighted by molar-refractivity contribution is 5.25. The number of halogens is 1. The second-order valence-corrected chi connectivity index (χ2v) is 5.92. The van der Waals surface area contributed by atoms with E-state index in [0.717, 1.165) is 37.2 Å². The molecule has 1 saturated heterocycles. The molecule has 1 N–H and O–H groups in total. The molecule has 1 heterocycles. The highest BCUT2D eigenvalue weighted by Crippen LogP contribution is 2.26. The van der Waals surface area contributed by atoms with Crippen LogP contribution in [-0.4, -0.2) is 30.6 Å². The first-order valence-corrected chi connectivity index (χ1v) is 7.86. The van der Waals surface area contributed by atoms with Crippen molar-refractivity contribution in [2.75, 3.05) is 19.6 Å². The molecule has 2 atom stereocenters. The van der Waals surface area contributed by atoms with Gasteiger partial charge in [0.05, 0.1) is 0 Å². The average Bonchev–Trinajstić information content (AvgIpc) is 2.48. The molecular formula is C17H27FN2. The van der Waals surface area contributed by atoms with Crippen LogP contribution in [0.5, 0.6) is 0 Å². The zero-order chi connectivity index (χ0) is 14.5. The van der Waals surface area contributed by atoms with Crippen molar-refractivity contribution < 1.29 is 4.39 Å². The van der Waals surface area contributed by atoms with E-state index in [2.05, 4.69) is 30.1 Å². The molecule has 20 heavy (non-hydrogen) atoms. The van der Waals surface area contributed by atoms with Crippen LogP contribution in [0.2, 0.25) is 0 Å². The Kier molecular flexibility index (Phi) is 5.55. The minimum atomic E-state index is -0.0902. The molecule has 1 aromatic rings. The molecule has 0 radical (unpaired) electrons. The third-order valence-electron chi connectivity index (χ3n) is 4.40. The molecule has 0 saturated carbocycles. The highest BCUT2D eigenvalue weighted by Gasteiger charge is 2.25. The third-order valence-corrected chi connectivity index (χ3v) is 4.40. The van der Waals surface area contributed by atoms with E-state index in [-0.39, 0.29) is 11.9 Å². The minimum absolute atomic E-state index is 0.0902. The van der Waals surface area contributed by atoms with E-state index in [1.165, 1.54) is 12.8 Å². The number of benzene rings is 1. The second-order valence-electron chi connectivity index (χ2n) is 5.92. The van der Waals surface area contributed by atoms with E-state index < -0.39 is 0 Å². The van der Waals surface area contributed by atoms with Gasteiger partial charge in [0.15, 0.2) is 0 Å². The van der Waals surface area contributed by atoms with Gasteiger partial charge in [0.1, 0.15) is 5.82 Å². The monoisotopic (exact) mass is 278 g/mol. The van der Waals surface area contributed by atoms with Crippen LogP contribution >= 0.6 is 0 Å². The summed E-state index contributed by atoms with van der Waals surface area (Å²) in [5.74, 6) is -0.0902. The van der Waals surface area contributed by atoms with Crippen molar-refractivity contribution in [3.05, 3.63) is 35.1 Å². The molecule has 0 aliphatic carbocycles. The summed E-state index contributed by atoms with van der Waals surface area (Å²) in [4.78, 5) is 2.54. The van der Waals surface area contributed by atoms with Crippen LogP contribution in [0.4, 0.5) is 4.39 Å². The summed E-state index contributed by atoms with van der Waals surface area (Å²) < 4.78 is 13.8. The first kappa shape index (κ1) is 15.5. The van der Waals surface area contributed by atoms with Crippen LogP contribution in [0.3, 0.4) is 0 Å². The fourth-order valence-electron chi connectivity index (χ4n) is 3.13. The van der Waals surface area contributed by atoms with Gasteiger partial charge in [-0.2, -0.15) is 0 Å². The standard InChI is InChI=1S/C17H27FN2/c1-4-10-20(16-6-5-9-19-12-16)14(3)15-8-7-13(2)17(18)11-15/h7-8,11,14,16,19H,4-6,9-10,12H2,1-3H3. The molecule has 1 aliphatic rings. The molecule has 2 rings (SSSR count). The van der Waals surface area contributed by atoms with Gasteiger partial charge in [-0.05, 0) is 63.4 Å². The fraction of sp³-hybridized carbons (Fsp3) is 0.647. The summed E-state index contributed by atoms with van der Waals surface area (Å²) >= 11 is 0. The molecule has 0 aromatic heterocycles. The Hall–Kier alpha value is -0.930. The maximum Gasteiger partial charge on any atom is 0.126 e. The zero-order valence-corrected chi connectivity index (χ0v) is 13.0. The highest BCUT2D eigenvalue weighted by atomic mass is 19.1. The average molecular weight is 278 g/mol. The van der Waals surface area contributed by atoms with Gasteiger partial charge < -0.3 is 5.32 Å². The Bertz CT molecular complexity index is 427. The summed E-state index contributed by atoms with van der Waals surface area (Å²) in [5.41, 5.74) is 1.81. The topological polar surface area (TPSA) is 15.3 Å². The summed E-state index contributed by atoms with van der Waals surface area (Å²) in [6.07, 6.45) is 3.61. The summed E-state index contributed by atoms with van der Waals surface area (Å²) in [6.45, 7) is 9.49. The van der Waals surface area contributed by atoms with Crippen LogP contribution in [0.15, 0.2) is 18.2 Å². The van der Waals surface area contributed by atoms with E-state index >= 15 is 0 Å². The molecule has 1 aliphatic heterocycles. The number of rotatable bonds is 5. The minimum Gasteiger partial charge on any atom is -0.315 e. The van der Waals surface area contributed by atoms with Crippen LogP contribution in [0.1, 0.15) is 50.3 Å². The summed E-state index contributed by atoms with van der Waals surface area (Å²) in [7, 11) is 0. The van der Waals surface area contributed by atoms with Crippen molar-refractivity contribution in [3.8, 4) is 0 Å². The summed E-state index contributed by atoms with van der Waals surface area (Å²) in [6, 6.07) is 6.52. The molecule has 2 nitrogen and oxygen atoms in total. The Morgan fingerprint density at radius 1 is 1.45 bits per heavy atom. The van der Waals surface area contributed by atoms with Gasteiger partial charge in [-0.15, -0.1) is 0 Å². The van der Waals surface area contributed by atoms with E-state index in [1.807, 2.05) is 13.0 Å². The normalized spacial score (nSPS) is 21.1. The number of nitrogens with one attached hydrogen (secondary N) is 1. The fourth-order valence-corrected chi connectivity index (χ4v) is 3.13. The molecule has 0 spiro atoms. The van der Waals surface area contributed by atoms with Crippen LogP contribution < -0.4 is 5.32 Å².